The van der Waals surface area contributed by atoms with Crippen LogP contribution in [0.3, 0.4) is 0 Å². The topological polar surface area (TPSA) is 12.9 Å². The summed E-state index contributed by atoms with van der Waals surface area (Å²) in [5, 5.41) is 0. The molecule has 1 nitrogen and oxygen atoms in total. The minimum Gasteiger partial charge on any atom is -0.304 e. The van der Waals surface area contributed by atoms with E-state index in [1.807, 2.05) is 26.0 Å². The molecule has 0 bridgehead atoms. The van der Waals surface area contributed by atoms with Crippen molar-refractivity contribution in [3.05, 3.63) is 53.5 Å². The van der Waals surface area contributed by atoms with E-state index in [0.29, 0.717) is 0 Å². The molecule has 0 aliphatic carbocycles. The Morgan fingerprint density at radius 1 is 1.25 bits per heavy atom. The number of halogens is 1. The maximum absolute atomic E-state index is 12.9. The molecular formula is C13H11FIrN-. The number of pyridine rings is 1. The van der Waals surface area contributed by atoms with Crippen LogP contribution in [-0.4, -0.2) is 4.98 Å². The Morgan fingerprint density at radius 3 is 2.62 bits per heavy atom. The SMILES string of the molecule is Cc1cc(F)c[c-]c1-c1ncccc1C.[Ir]. The predicted molar refractivity (Wildman–Crippen MR) is 57.9 cm³/mol. The number of aryl methyl sites for hydroxylation is 2. The molecule has 3 heteroatoms. The van der Waals surface area contributed by atoms with Gasteiger partial charge in [-0.3, -0.25) is 4.39 Å². The van der Waals surface area contributed by atoms with Crippen molar-refractivity contribution in [2.45, 2.75) is 13.8 Å². The largest absolute Gasteiger partial charge is 0.304 e. The fourth-order valence-corrected chi connectivity index (χ4v) is 1.58. The molecule has 1 aromatic heterocycles. The molecule has 0 unspecified atom stereocenters. The number of aromatic nitrogens is 1. The average molecular weight is 392 g/mol. The van der Waals surface area contributed by atoms with Crippen LogP contribution in [0, 0.1) is 25.7 Å². The first-order valence-electron chi connectivity index (χ1n) is 4.78. The molecule has 0 atom stereocenters. The van der Waals surface area contributed by atoms with Crippen molar-refractivity contribution in [3.63, 3.8) is 0 Å². The zero-order valence-electron chi connectivity index (χ0n) is 9.05. The van der Waals surface area contributed by atoms with E-state index >= 15 is 0 Å². The summed E-state index contributed by atoms with van der Waals surface area (Å²) in [5.41, 5.74) is 3.67. The van der Waals surface area contributed by atoms with Gasteiger partial charge in [-0.1, -0.05) is 18.6 Å². The van der Waals surface area contributed by atoms with Gasteiger partial charge in [0.05, 0.1) is 0 Å². The molecule has 0 saturated carbocycles. The summed E-state index contributed by atoms with van der Waals surface area (Å²) in [4.78, 5) is 4.29. The van der Waals surface area contributed by atoms with Gasteiger partial charge in [-0.2, -0.15) is 0 Å². The Bertz CT molecular complexity index is 497. The zero-order valence-corrected chi connectivity index (χ0v) is 11.4. The smallest absolute Gasteiger partial charge is 0.0382 e. The van der Waals surface area contributed by atoms with Crippen molar-refractivity contribution in [3.8, 4) is 11.3 Å². The van der Waals surface area contributed by atoms with Crippen molar-refractivity contribution in [1.29, 1.82) is 0 Å². The molecule has 0 saturated heterocycles. The number of nitrogens with zero attached hydrogens (tertiary/aromatic N) is 1. The maximum atomic E-state index is 12.9. The normalized spacial score (nSPS) is 9.69. The van der Waals surface area contributed by atoms with E-state index in [1.54, 1.807) is 6.20 Å². The van der Waals surface area contributed by atoms with Gasteiger partial charge in [0, 0.05) is 32.1 Å². The summed E-state index contributed by atoms with van der Waals surface area (Å²) < 4.78 is 12.9. The van der Waals surface area contributed by atoms with Crippen LogP contribution in [0.2, 0.25) is 0 Å². The van der Waals surface area contributed by atoms with Crippen molar-refractivity contribution in [1.82, 2.24) is 4.98 Å². The van der Waals surface area contributed by atoms with E-state index in [0.717, 1.165) is 22.4 Å². The molecule has 16 heavy (non-hydrogen) atoms. The van der Waals surface area contributed by atoms with Gasteiger partial charge in [0.25, 0.3) is 0 Å². The first kappa shape index (κ1) is 13.0. The molecule has 0 aliphatic rings. The molecular weight excluding hydrogens is 381 g/mol. The van der Waals surface area contributed by atoms with Crippen LogP contribution in [0.15, 0.2) is 30.5 Å². The van der Waals surface area contributed by atoms with Gasteiger partial charge in [0.1, 0.15) is 0 Å². The van der Waals surface area contributed by atoms with Gasteiger partial charge in [-0.15, -0.1) is 29.3 Å². The predicted octanol–water partition coefficient (Wildman–Crippen LogP) is 3.30. The first-order valence-corrected chi connectivity index (χ1v) is 4.78. The van der Waals surface area contributed by atoms with Gasteiger partial charge in [-0.05, 0) is 18.7 Å². The number of hydrogen-bond donors (Lipinski definition) is 0. The summed E-state index contributed by atoms with van der Waals surface area (Å²) in [6, 6.07) is 9.64. The van der Waals surface area contributed by atoms with Gasteiger partial charge < -0.3 is 4.98 Å². The van der Waals surface area contributed by atoms with Crippen molar-refractivity contribution >= 4 is 0 Å². The second-order valence-corrected chi connectivity index (χ2v) is 3.54. The molecule has 1 radical (unpaired) electrons. The standard InChI is InChI=1S/C13H11FN.Ir/c1-9-4-3-7-15-13(9)12-6-5-11(14)8-10(12)2;/h3-5,7-8H,1-2H3;/q-1;. The van der Waals surface area contributed by atoms with Crippen molar-refractivity contribution in [2.75, 3.05) is 0 Å². The Balaban J connectivity index is 0.00000128. The van der Waals surface area contributed by atoms with Crippen molar-refractivity contribution < 1.29 is 24.5 Å². The summed E-state index contributed by atoms with van der Waals surface area (Å²) in [7, 11) is 0. The maximum Gasteiger partial charge on any atom is 0.0382 e. The molecule has 0 amide bonds. The average Bonchev–Trinajstić information content (AvgIpc) is 2.20. The second kappa shape index (κ2) is 5.33. The van der Waals surface area contributed by atoms with E-state index in [4.69, 9.17) is 0 Å². The molecule has 2 rings (SSSR count). The van der Waals surface area contributed by atoms with Gasteiger partial charge in [0.15, 0.2) is 0 Å². The summed E-state index contributed by atoms with van der Waals surface area (Å²) in [5.74, 6) is -0.259. The number of rotatable bonds is 1. The monoisotopic (exact) mass is 393 g/mol. The number of benzene rings is 1. The Morgan fingerprint density at radius 2 is 2.00 bits per heavy atom. The molecule has 1 heterocycles. The molecule has 2 aromatic rings. The fourth-order valence-electron chi connectivity index (χ4n) is 1.58. The van der Waals surface area contributed by atoms with Crippen LogP contribution in [0.1, 0.15) is 11.1 Å². The zero-order chi connectivity index (χ0) is 10.8. The summed E-state index contributed by atoms with van der Waals surface area (Å²) in [6.45, 7) is 3.85. The third kappa shape index (κ3) is 2.55. The van der Waals surface area contributed by atoms with E-state index in [9.17, 15) is 4.39 Å². The molecule has 0 aliphatic heterocycles. The molecule has 0 spiro atoms. The van der Waals surface area contributed by atoms with Crippen LogP contribution in [-0.2, 0) is 20.1 Å². The Hall–Kier alpha value is -1.05. The third-order valence-corrected chi connectivity index (χ3v) is 2.35. The third-order valence-electron chi connectivity index (χ3n) is 2.35. The van der Waals surface area contributed by atoms with Crippen LogP contribution in [0.25, 0.3) is 11.3 Å². The fraction of sp³-hybridized carbons (Fsp3) is 0.154. The van der Waals surface area contributed by atoms with Crippen LogP contribution < -0.4 is 0 Å². The molecule has 0 fully saturated rings. The minimum absolute atomic E-state index is 0. The van der Waals surface area contributed by atoms with E-state index < -0.39 is 0 Å². The van der Waals surface area contributed by atoms with Gasteiger partial charge in [-0.25, -0.2) is 0 Å². The molecule has 1 aromatic carbocycles. The summed E-state index contributed by atoms with van der Waals surface area (Å²) in [6.07, 6.45) is 1.74. The quantitative estimate of drug-likeness (QED) is 0.679. The van der Waals surface area contributed by atoms with Crippen LogP contribution >= 0.6 is 0 Å². The summed E-state index contributed by atoms with van der Waals surface area (Å²) >= 11 is 0. The Kier molecular flexibility index (Phi) is 4.34. The minimum atomic E-state index is -0.259. The van der Waals surface area contributed by atoms with E-state index in [1.165, 1.54) is 12.1 Å². The van der Waals surface area contributed by atoms with Gasteiger partial charge in [0.2, 0.25) is 0 Å². The molecule has 0 N–H and O–H groups in total. The van der Waals surface area contributed by atoms with E-state index in [-0.39, 0.29) is 25.9 Å². The van der Waals surface area contributed by atoms with E-state index in [2.05, 4.69) is 11.1 Å². The van der Waals surface area contributed by atoms with Crippen molar-refractivity contribution in [2.24, 2.45) is 0 Å². The van der Waals surface area contributed by atoms with Crippen LogP contribution in [0.5, 0.6) is 0 Å². The molecule has 85 valence electrons. The second-order valence-electron chi connectivity index (χ2n) is 3.54. The number of hydrogen-bond acceptors (Lipinski definition) is 1. The first-order chi connectivity index (χ1) is 7.18. The Labute approximate surface area is 108 Å². The van der Waals surface area contributed by atoms with Gasteiger partial charge >= 0.3 is 0 Å². The van der Waals surface area contributed by atoms with Crippen LogP contribution in [0.4, 0.5) is 4.39 Å².